The van der Waals surface area contributed by atoms with Crippen molar-refractivity contribution in [1.82, 2.24) is 19.5 Å². The Bertz CT molecular complexity index is 942. The van der Waals surface area contributed by atoms with Gasteiger partial charge in [0.25, 0.3) is 5.91 Å². The smallest absolute Gasteiger partial charge is 0.256 e. The van der Waals surface area contributed by atoms with Gasteiger partial charge in [-0.05, 0) is 24.5 Å². The van der Waals surface area contributed by atoms with Gasteiger partial charge in [0.05, 0.1) is 18.5 Å². The van der Waals surface area contributed by atoms with E-state index in [0.29, 0.717) is 29.0 Å². The average molecular weight is 353 g/mol. The number of aromatic nitrogens is 4. The number of hydrogen-bond donors (Lipinski definition) is 3. The molecule has 1 saturated carbocycles. The Balaban J connectivity index is 1.67. The van der Waals surface area contributed by atoms with Gasteiger partial charge in [0.2, 0.25) is 0 Å². The van der Waals surface area contributed by atoms with Crippen molar-refractivity contribution in [2.45, 2.75) is 31.6 Å². The summed E-state index contributed by atoms with van der Waals surface area (Å²) in [6.07, 6.45) is 1.86. The number of nitrogens with zero attached hydrogens (tertiary/aromatic N) is 4. The average Bonchev–Trinajstić information content (AvgIpc) is 3.20. The molecule has 0 bridgehead atoms. The van der Waals surface area contributed by atoms with Crippen molar-refractivity contribution in [1.29, 1.82) is 0 Å². The summed E-state index contributed by atoms with van der Waals surface area (Å²) in [5, 5.41) is 23.1. The molecule has 26 heavy (non-hydrogen) atoms. The maximum absolute atomic E-state index is 12.4. The normalized spacial score (nSPS) is 25.5. The van der Waals surface area contributed by atoms with Crippen molar-refractivity contribution in [3.63, 3.8) is 0 Å². The minimum atomic E-state index is -0.889. The van der Waals surface area contributed by atoms with Crippen molar-refractivity contribution >= 4 is 22.9 Å². The monoisotopic (exact) mass is 353 g/mol. The lowest BCUT2D eigenvalue weighted by atomic mass is 10.1. The Hall–Kier alpha value is -2.84. The zero-order valence-corrected chi connectivity index (χ0v) is 14.1. The van der Waals surface area contributed by atoms with Crippen molar-refractivity contribution < 1.29 is 15.0 Å². The van der Waals surface area contributed by atoms with Crippen LogP contribution in [0.1, 0.15) is 29.7 Å². The Kier molecular flexibility index (Phi) is 4.14. The topological polar surface area (TPSA) is 113 Å². The first-order valence-electron chi connectivity index (χ1n) is 8.46. The van der Waals surface area contributed by atoms with Gasteiger partial charge in [0.15, 0.2) is 17.0 Å². The summed E-state index contributed by atoms with van der Waals surface area (Å²) in [4.78, 5) is 25.1. The number of aliphatic hydroxyl groups excluding tert-OH is 2. The van der Waals surface area contributed by atoms with E-state index in [9.17, 15) is 15.0 Å². The fraction of sp³-hybridized carbons (Fsp3) is 0.333. The molecule has 1 aromatic carbocycles. The van der Waals surface area contributed by atoms with Crippen LogP contribution in [-0.4, -0.2) is 47.8 Å². The minimum Gasteiger partial charge on any atom is -0.390 e. The highest BCUT2D eigenvalue weighted by molar-refractivity contribution is 6.06. The second-order valence-electron chi connectivity index (χ2n) is 6.63. The molecule has 8 nitrogen and oxygen atoms in total. The molecule has 3 N–H and O–H groups in total. The lowest BCUT2D eigenvalue weighted by molar-refractivity contribution is 0.00964. The largest absolute Gasteiger partial charge is 0.390 e. The first kappa shape index (κ1) is 16.6. The Morgan fingerprint density at radius 3 is 2.62 bits per heavy atom. The van der Waals surface area contributed by atoms with Crippen LogP contribution in [-0.2, 0) is 0 Å². The summed E-state index contributed by atoms with van der Waals surface area (Å²) in [5.41, 5.74) is 1.47. The Labute approximate surface area is 149 Å². The zero-order valence-electron chi connectivity index (χ0n) is 14.1. The second-order valence-corrected chi connectivity index (χ2v) is 6.63. The number of rotatable bonds is 3. The van der Waals surface area contributed by atoms with E-state index >= 15 is 0 Å². The Morgan fingerprint density at radius 1 is 1.15 bits per heavy atom. The number of amides is 1. The van der Waals surface area contributed by atoms with E-state index in [4.69, 9.17) is 0 Å². The fourth-order valence-corrected chi connectivity index (χ4v) is 3.46. The van der Waals surface area contributed by atoms with Crippen LogP contribution in [0.5, 0.6) is 0 Å². The third-order valence-electron chi connectivity index (χ3n) is 4.92. The summed E-state index contributed by atoms with van der Waals surface area (Å²) >= 11 is 0. The SMILES string of the molecule is C[C@H]1C[C@@H](n2cnc3c(NC(=O)c4ccccc4)ncnc32)[C@H](O)[C@@H]1O. The number of nitrogens with one attached hydrogen (secondary N) is 1. The summed E-state index contributed by atoms with van der Waals surface area (Å²) in [7, 11) is 0. The predicted molar refractivity (Wildman–Crippen MR) is 94.5 cm³/mol. The summed E-state index contributed by atoms with van der Waals surface area (Å²) in [6, 6.07) is 8.51. The van der Waals surface area contributed by atoms with Crippen LogP contribution >= 0.6 is 0 Å². The molecule has 2 aromatic heterocycles. The molecular weight excluding hydrogens is 334 g/mol. The Morgan fingerprint density at radius 2 is 1.92 bits per heavy atom. The maximum atomic E-state index is 12.4. The molecule has 134 valence electrons. The van der Waals surface area contributed by atoms with Gasteiger partial charge in [-0.2, -0.15) is 0 Å². The highest BCUT2D eigenvalue weighted by Crippen LogP contribution is 2.36. The number of imidazole rings is 1. The van der Waals surface area contributed by atoms with E-state index in [0.717, 1.165) is 0 Å². The molecule has 8 heteroatoms. The van der Waals surface area contributed by atoms with Crippen LogP contribution < -0.4 is 5.32 Å². The fourth-order valence-electron chi connectivity index (χ4n) is 3.46. The maximum Gasteiger partial charge on any atom is 0.256 e. The van der Waals surface area contributed by atoms with Gasteiger partial charge in [0, 0.05) is 5.56 Å². The molecule has 0 aliphatic heterocycles. The molecule has 0 saturated heterocycles. The van der Waals surface area contributed by atoms with Crippen molar-refractivity contribution in [2.75, 3.05) is 5.32 Å². The standard InChI is InChI=1S/C18H19N5O3/c1-10-7-12(15(25)14(10)24)23-9-21-13-16(19-8-20-17(13)23)22-18(26)11-5-3-2-4-6-11/h2-6,8-10,12,14-15,24-25H,7H2,1H3,(H,19,20,22,26)/t10-,12+,14+,15-/m0/s1. The van der Waals surface area contributed by atoms with Gasteiger partial charge in [-0.1, -0.05) is 25.1 Å². The van der Waals surface area contributed by atoms with Crippen molar-refractivity contribution in [2.24, 2.45) is 5.92 Å². The van der Waals surface area contributed by atoms with E-state index in [2.05, 4.69) is 20.3 Å². The van der Waals surface area contributed by atoms with Crippen LogP contribution in [0.4, 0.5) is 5.82 Å². The van der Waals surface area contributed by atoms with E-state index in [-0.39, 0.29) is 17.9 Å². The van der Waals surface area contributed by atoms with Crippen LogP contribution in [0.3, 0.4) is 0 Å². The van der Waals surface area contributed by atoms with E-state index < -0.39 is 12.2 Å². The predicted octanol–water partition coefficient (Wildman–Crippen LogP) is 1.38. The number of carbonyl (C=O) groups is 1. The van der Waals surface area contributed by atoms with Gasteiger partial charge in [-0.3, -0.25) is 4.79 Å². The van der Waals surface area contributed by atoms with Gasteiger partial charge in [-0.25, -0.2) is 15.0 Å². The molecule has 1 amide bonds. The first-order chi connectivity index (χ1) is 12.6. The summed E-state index contributed by atoms with van der Waals surface area (Å²) in [5.74, 6) is 0.000299. The third kappa shape index (κ3) is 2.73. The lowest BCUT2D eigenvalue weighted by Crippen LogP contribution is -2.28. The quantitative estimate of drug-likeness (QED) is 0.656. The molecule has 0 unspecified atom stereocenters. The first-order valence-corrected chi connectivity index (χ1v) is 8.46. The second kappa shape index (κ2) is 6.47. The van der Waals surface area contributed by atoms with Gasteiger partial charge >= 0.3 is 0 Å². The van der Waals surface area contributed by atoms with Crippen molar-refractivity contribution in [3.05, 3.63) is 48.5 Å². The molecule has 1 aliphatic rings. The highest BCUT2D eigenvalue weighted by Gasteiger charge is 2.40. The number of fused-ring (bicyclic) bond motifs is 1. The lowest BCUT2D eigenvalue weighted by Gasteiger charge is -2.18. The molecule has 4 rings (SSSR count). The molecule has 2 heterocycles. The van der Waals surface area contributed by atoms with Crippen LogP contribution in [0, 0.1) is 5.92 Å². The molecule has 1 aliphatic carbocycles. The number of anilines is 1. The van der Waals surface area contributed by atoms with Crippen molar-refractivity contribution in [3.8, 4) is 0 Å². The van der Waals surface area contributed by atoms with Crippen LogP contribution in [0.25, 0.3) is 11.2 Å². The highest BCUT2D eigenvalue weighted by atomic mass is 16.3. The van der Waals surface area contributed by atoms with Crippen LogP contribution in [0.2, 0.25) is 0 Å². The third-order valence-corrected chi connectivity index (χ3v) is 4.92. The van der Waals surface area contributed by atoms with Gasteiger partial charge in [-0.15, -0.1) is 0 Å². The number of benzene rings is 1. The van der Waals surface area contributed by atoms with E-state index in [1.165, 1.54) is 6.33 Å². The zero-order chi connectivity index (χ0) is 18.3. The van der Waals surface area contributed by atoms with E-state index in [1.54, 1.807) is 35.2 Å². The number of hydrogen-bond acceptors (Lipinski definition) is 6. The molecule has 4 atom stereocenters. The molecule has 3 aromatic rings. The van der Waals surface area contributed by atoms with Gasteiger partial charge < -0.3 is 20.1 Å². The molecule has 0 radical (unpaired) electrons. The summed E-state index contributed by atoms with van der Waals surface area (Å²) in [6.45, 7) is 1.90. The summed E-state index contributed by atoms with van der Waals surface area (Å²) < 4.78 is 1.74. The number of carbonyl (C=O) groups excluding carboxylic acids is 1. The molecule has 1 fully saturated rings. The van der Waals surface area contributed by atoms with E-state index in [1.807, 2.05) is 13.0 Å². The van der Waals surface area contributed by atoms with Crippen LogP contribution in [0.15, 0.2) is 43.0 Å². The molecule has 0 spiro atoms. The minimum absolute atomic E-state index is 0.0217. The molecular formula is C18H19N5O3. The number of aliphatic hydroxyl groups is 2. The van der Waals surface area contributed by atoms with Gasteiger partial charge in [0.1, 0.15) is 12.4 Å².